The summed E-state index contributed by atoms with van der Waals surface area (Å²) in [4.78, 5) is 37.5. The lowest BCUT2D eigenvalue weighted by Crippen LogP contribution is -2.41. The number of nitrogens with one attached hydrogen (secondary N) is 2. The Balaban J connectivity index is 2.26. The molecule has 16 heavy (non-hydrogen) atoms. The van der Waals surface area contributed by atoms with Crippen LogP contribution in [0.2, 0.25) is 0 Å². The van der Waals surface area contributed by atoms with Gasteiger partial charge in [-0.3, -0.25) is 14.6 Å². The first-order valence-corrected chi connectivity index (χ1v) is 5.17. The van der Waals surface area contributed by atoms with Crippen molar-refractivity contribution in [1.82, 2.24) is 20.1 Å². The smallest absolute Gasteiger partial charge is 0.337 e. The van der Waals surface area contributed by atoms with Gasteiger partial charge in [0, 0.05) is 13.1 Å². The Hall–Kier alpha value is -1.92. The van der Waals surface area contributed by atoms with E-state index >= 15 is 0 Å². The maximum atomic E-state index is 11.9. The Morgan fingerprint density at radius 1 is 1.19 bits per heavy atom. The van der Waals surface area contributed by atoms with Gasteiger partial charge in [-0.25, -0.2) is 9.89 Å². The second-order valence-electron chi connectivity index (χ2n) is 3.71. The van der Waals surface area contributed by atoms with E-state index in [0.29, 0.717) is 13.1 Å². The molecule has 7 nitrogen and oxygen atoms in total. The lowest BCUT2D eigenvalue weighted by molar-refractivity contribution is 0.0714. The fraction of sp³-hybridized carbons (Fsp3) is 0.556. The van der Waals surface area contributed by atoms with Crippen LogP contribution in [0.5, 0.6) is 0 Å². The number of aromatic nitrogens is 3. The van der Waals surface area contributed by atoms with Gasteiger partial charge in [0.05, 0.1) is 0 Å². The van der Waals surface area contributed by atoms with Gasteiger partial charge in [0.2, 0.25) is 5.69 Å². The highest BCUT2D eigenvalue weighted by Gasteiger charge is 2.22. The summed E-state index contributed by atoms with van der Waals surface area (Å²) < 4.78 is 0. The largest absolute Gasteiger partial charge is 0.342 e. The van der Waals surface area contributed by atoms with E-state index < -0.39 is 17.2 Å². The van der Waals surface area contributed by atoms with E-state index in [9.17, 15) is 14.4 Å². The molecule has 0 saturated carbocycles. The van der Waals surface area contributed by atoms with Gasteiger partial charge in [-0.05, 0) is 19.3 Å². The predicted octanol–water partition coefficient (Wildman–Crippen LogP) is -0.916. The van der Waals surface area contributed by atoms with Gasteiger partial charge in [0.1, 0.15) is 0 Å². The van der Waals surface area contributed by atoms with Crippen LogP contribution in [0.15, 0.2) is 9.59 Å². The van der Waals surface area contributed by atoms with Crippen molar-refractivity contribution in [3.8, 4) is 0 Å². The average Bonchev–Trinajstić information content (AvgIpc) is 2.29. The third-order valence-corrected chi connectivity index (χ3v) is 2.56. The molecule has 2 N–H and O–H groups in total. The molecule has 0 unspecified atom stereocenters. The quantitative estimate of drug-likeness (QED) is 0.644. The Morgan fingerprint density at radius 3 is 2.50 bits per heavy atom. The van der Waals surface area contributed by atoms with E-state index in [1.165, 1.54) is 0 Å². The molecule has 1 aliphatic heterocycles. The second-order valence-corrected chi connectivity index (χ2v) is 3.71. The maximum Gasteiger partial charge on any atom is 0.342 e. The first-order valence-electron chi connectivity index (χ1n) is 5.17. The van der Waals surface area contributed by atoms with E-state index in [-0.39, 0.29) is 5.69 Å². The molecule has 1 aromatic rings. The molecule has 1 amide bonds. The maximum absolute atomic E-state index is 11.9. The summed E-state index contributed by atoms with van der Waals surface area (Å²) in [5, 5.41) is 5.53. The van der Waals surface area contributed by atoms with Crippen molar-refractivity contribution in [3.63, 3.8) is 0 Å². The first-order chi connectivity index (χ1) is 7.68. The summed E-state index contributed by atoms with van der Waals surface area (Å²) in [6.07, 6.45) is 2.97. The van der Waals surface area contributed by atoms with Crippen molar-refractivity contribution < 1.29 is 4.79 Å². The molecule has 7 heteroatoms. The van der Waals surface area contributed by atoms with Crippen LogP contribution in [0.25, 0.3) is 0 Å². The molecule has 1 saturated heterocycles. The molecule has 0 atom stereocenters. The molecule has 0 bridgehead atoms. The minimum atomic E-state index is -0.737. The van der Waals surface area contributed by atoms with Gasteiger partial charge in [0.15, 0.2) is 0 Å². The molecule has 1 fully saturated rings. The molecule has 0 spiro atoms. The third kappa shape index (κ3) is 2.02. The van der Waals surface area contributed by atoms with Gasteiger partial charge in [0.25, 0.3) is 11.5 Å². The monoisotopic (exact) mass is 224 g/mol. The van der Waals surface area contributed by atoms with Crippen molar-refractivity contribution in [2.45, 2.75) is 19.3 Å². The Kier molecular flexibility index (Phi) is 2.84. The number of piperidine rings is 1. The highest BCUT2D eigenvalue weighted by Crippen LogP contribution is 2.09. The standard InChI is InChI=1S/C9H12N4O3/c14-7-6(11-12-9(16)10-7)8(15)13-4-2-1-3-5-13/h1-5H2,(H2,10,12,14,16). The average molecular weight is 224 g/mol. The second kappa shape index (κ2) is 4.30. The number of carbonyl (C=O) groups excluding carboxylic acids is 1. The Labute approximate surface area is 90.5 Å². The lowest BCUT2D eigenvalue weighted by atomic mass is 10.1. The molecular formula is C9H12N4O3. The zero-order chi connectivity index (χ0) is 11.5. The van der Waals surface area contributed by atoms with Crippen LogP contribution >= 0.6 is 0 Å². The number of nitrogens with zero attached hydrogens (tertiary/aromatic N) is 2. The first kappa shape index (κ1) is 10.6. The fourth-order valence-corrected chi connectivity index (χ4v) is 1.74. The summed E-state index contributed by atoms with van der Waals surface area (Å²) in [6, 6.07) is 0. The van der Waals surface area contributed by atoms with E-state index in [4.69, 9.17) is 0 Å². The number of carbonyl (C=O) groups is 1. The Bertz CT molecular complexity index is 498. The van der Waals surface area contributed by atoms with Gasteiger partial charge >= 0.3 is 5.69 Å². The van der Waals surface area contributed by atoms with Crippen LogP contribution in [0.4, 0.5) is 0 Å². The number of rotatable bonds is 1. The molecule has 0 aliphatic carbocycles. The number of hydrogen-bond donors (Lipinski definition) is 2. The zero-order valence-corrected chi connectivity index (χ0v) is 8.65. The fourth-order valence-electron chi connectivity index (χ4n) is 1.74. The minimum Gasteiger partial charge on any atom is -0.337 e. The number of aromatic amines is 2. The van der Waals surface area contributed by atoms with Gasteiger partial charge in [-0.15, -0.1) is 0 Å². The van der Waals surface area contributed by atoms with Crippen LogP contribution in [-0.4, -0.2) is 39.1 Å². The van der Waals surface area contributed by atoms with Crippen molar-refractivity contribution in [2.24, 2.45) is 0 Å². The third-order valence-electron chi connectivity index (χ3n) is 2.56. The van der Waals surface area contributed by atoms with Gasteiger partial charge < -0.3 is 4.90 Å². The van der Waals surface area contributed by atoms with Gasteiger partial charge in [-0.1, -0.05) is 0 Å². The Morgan fingerprint density at radius 2 is 1.88 bits per heavy atom. The summed E-state index contributed by atoms with van der Waals surface area (Å²) >= 11 is 0. The zero-order valence-electron chi connectivity index (χ0n) is 8.65. The topological polar surface area (TPSA) is 98.9 Å². The number of likely N-dealkylation sites (tertiary alicyclic amines) is 1. The minimum absolute atomic E-state index is 0.249. The molecule has 1 aromatic heterocycles. The molecule has 1 aliphatic rings. The van der Waals surface area contributed by atoms with Crippen molar-refractivity contribution in [1.29, 1.82) is 0 Å². The summed E-state index contributed by atoms with van der Waals surface area (Å²) in [5.41, 5.74) is -1.69. The van der Waals surface area contributed by atoms with E-state index in [0.717, 1.165) is 19.3 Å². The molecule has 2 rings (SSSR count). The normalized spacial score (nSPS) is 16.1. The van der Waals surface area contributed by atoms with E-state index in [2.05, 4.69) is 10.2 Å². The molecular weight excluding hydrogens is 212 g/mol. The summed E-state index contributed by atoms with van der Waals surface area (Å²) in [7, 11) is 0. The number of hydrogen-bond acceptors (Lipinski definition) is 4. The lowest BCUT2D eigenvalue weighted by Gasteiger charge is -2.25. The SMILES string of the molecule is O=C(c1n[nH]c(=O)[nH]c1=O)N1CCCCC1. The van der Waals surface area contributed by atoms with Crippen molar-refractivity contribution in [3.05, 3.63) is 26.5 Å². The van der Waals surface area contributed by atoms with E-state index in [1.807, 2.05) is 4.98 Å². The van der Waals surface area contributed by atoms with Crippen molar-refractivity contribution in [2.75, 3.05) is 13.1 Å². The van der Waals surface area contributed by atoms with Crippen LogP contribution in [0.1, 0.15) is 29.8 Å². The summed E-state index contributed by atoms with van der Waals surface area (Å²) in [5.74, 6) is -0.419. The van der Waals surface area contributed by atoms with Crippen LogP contribution in [0.3, 0.4) is 0 Å². The van der Waals surface area contributed by atoms with Crippen molar-refractivity contribution >= 4 is 5.91 Å². The molecule has 0 aromatic carbocycles. The van der Waals surface area contributed by atoms with Gasteiger partial charge in [-0.2, -0.15) is 5.10 Å². The molecule has 0 radical (unpaired) electrons. The van der Waals surface area contributed by atoms with E-state index in [1.54, 1.807) is 4.90 Å². The number of amides is 1. The van der Waals surface area contributed by atoms with Crippen LogP contribution in [0, 0.1) is 0 Å². The summed E-state index contributed by atoms with van der Waals surface area (Å²) in [6.45, 7) is 1.28. The molecule has 86 valence electrons. The number of H-pyrrole nitrogens is 2. The predicted molar refractivity (Wildman–Crippen MR) is 55.2 cm³/mol. The van der Waals surface area contributed by atoms with Crippen LogP contribution in [-0.2, 0) is 0 Å². The van der Waals surface area contributed by atoms with Crippen LogP contribution < -0.4 is 11.2 Å². The highest BCUT2D eigenvalue weighted by molar-refractivity contribution is 5.91. The highest BCUT2D eigenvalue weighted by atomic mass is 16.2. The molecule has 2 heterocycles.